The van der Waals surface area contributed by atoms with Gasteiger partial charge in [0, 0.05) is 24.6 Å². The molecule has 0 radical (unpaired) electrons. The van der Waals surface area contributed by atoms with Crippen LogP contribution in [0, 0.1) is 11.7 Å². The molecule has 2 aromatic carbocycles. The Balaban J connectivity index is 0.00000218. The Morgan fingerprint density at radius 1 is 0.967 bits per heavy atom. The Bertz CT molecular complexity index is 841. The van der Waals surface area contributed by atoms with E-state index >= 15 is 0 Å². The zero-order valence-electron chi connectivity index (χ0n) is 17.1. The predicted molar refractivity (Wildman–Crippen MR) is 116 cm³/mol. The number of nitrogens with zero attached hydrogens (tertiary/aromatic N) is 1. The van der Waals surface area contributed by atoms with E-state index in [-0.39, 0.29) is 25.0 Å². The van der Waals surface area contributed by atoms with Crippen LogP contribution < -0.4 is 14.2 Å². The molecular formula is C24H29ClFNO3. The number of rotatable bonds is 5. The number of piperidine rings is 1. The number of hydrogen-bond donors (Lipinski definition) is 0. The maximum absolute atomic E-state index is 13.4. The fourth-order valence-electron chi connectivity index (χ4n) is 5.15. The lowest BCUT2D eigenvalue weighted by Gasteiger charge is -2.41. The van der Waals surface area contributed by atoms with Gasteiger partial charge in [-0.3, -0.25) is 4.90 Å². The number of ether oxygens (including phenoxy) is 3. The smallest absolute Gasteiger partial charge is 0.231 e. The molecule has 2 heterocycles. The Labute approximate surface area is 183 Å². The topological polar surface area (TPSA) is 30.9 Å². The van der Waals surface area contributed by atoms with Crippen molar-refractivity contribution in [3.8, 4) is 17.2 Å². The second kappa shape index (κ2) is 9.44. The Kier molecular flexibility index (Phi) is 6.69. The van der Waals surface area contributed by atoms with Crippen molar-refractivity contribution < 1.29 is 18.6 Å². The first-order chi connectivity index (χ1) is 14.3. The molecule has 2 aliphatic heterocycles. The molecule has 0 unspecified atom stereocenters. The standard InChI is InChI=1S/C24H28FNO3.ClH/c25-19-7-5-17(6-8-19)22-11-12-26(20-3-1-2-4-20)14-18(22)15-27-21-9-10-23-24(13-21)29-16-28-23;/h5-10,13,18,20,22H,1-4,11-12,14-16H2;1H/t18-,22-;/m0./s1. The summed E-state index contributed by atoms with van der Waals surface area (Å²) in [6.07, 6.45) is 6.42. The van der Waals surface area contributed by atoms with Gasteiger partial charge in [-0.2, -0.15) is 0 Å². The first-order valence-electron chi connectivity index (χ1n) is 10.8. The van der Waals surface area contributed by atoms with Crippen molar-refractivity contribution >= 4 is 12.4 Å². The summed E-state index contributed by atoms with van der Waals surface area (Å²) < 4.78 is 30.5. The van der Waals surface area contributed by atoms with Gasteiger partial charge in [0.2, 0.25) is 6.79 Å². The van der Waals surface area contributed by atoms with E-state index in [4.69, 9.17) is 14.2 Å². The minimum atomic E-state index is -0.176. The molecule has 0 amide bonds. The van der Waals surface area contributed by atoms with Crippen LogP contribution in [-0.4, -0.2) is 37.4 Å². The lowest BCUT2D eigenvalue weighted by Crippen LogP contribution is -2.46. The van der Waals surface area contributed by atoms with Crippen LogP contribution >= 0.6 is 12.4 Å². The van der Waals surface area contributed by atoms with Crippen LogP contribution in [0.5, 0.6) is 17.2 Å². The summed E-state index contributed by atoms with van der Waals surface area (Å²) >= 11 is 0. The zero-order chi connectivity index (χ0) is 19.6. The number of benzene rings is 2. The van der Waals surface area contributed by atoms with Gasteiger partial charge in [0.05, 0.1) is 6.61 Å². The normalized spacial score (nSPS) is 23.9. The summed E-state index contributed by atoms with van der Waals surface area (Å²) in [5, 5.41) is 0. The highest BCUT2D eigenvalue weighted by Crippen LogP contribution is 2.38. The monoisotopic (exact) mass is 433 g/mol. The number of halogens is 2. The van der Waals surface area contributed by atoms with Crippen LogP contribution in [0.4, 0.5) is 4.39 Å². The van der Waals surface area contributed by atoms with Gasteiger partial charge in [0.1, 0.15) is 11.6 Å². The van der Waals surface area contributed by atoms with Gasteiger partial charge in [0.15, 0.2) is 11.5 Å². The van der Waals surface area contributed by atoms with E-state index in [9.17, 15) is 4.39 Å². The van der Waals surface area contributed by atoms with Gasteiger partial charge in [-0.15, -0.1) is 12.4 Å². The second-order valence-corrected chi connectivity index (χ2v) is 8.47. The van der Waals surface area contributed by atoms with Crippen molar-refractivity contribution in [1.82, 2.24) is 4.90 Å². The maximum Gasteiger partial charge on any atom is 0.231 e. The van der Waals surface area contributed by atoms with Crippen molar-refractivity contribution in [3.05, 3.63) is 53.8 Å². The van der Waals surface area contributed by atoms with Crippen LogP contribution in [-0.2, 0) is 0 Å². The minimum absolute atomic E-state index is 0. The maximum atomic E-state index is 13.4. The average Bonchev–Trinajstić information content (AvgIpc) is 3.44. The number of hydrogen-bond acceptors (Lipinski definition) is 4. The zero-order valence-corrected chi connectivity index (χ0v) is 17.9. The van der Waals surface area contributed by atoms with Gasteiger partial charge < -0.3 is 14.2 Å². The van der Waals surface area contributed by atoms with E-state index in [0.717, 1.165) is 42.8 Å². The molecule has 30 heavy (non-hydrogen) atoms. The highest BCUT2D eigenvalue weighted by molar-refractivity contribution is 5.85. The molecule has 6 heteroatoms. The van der Waals surface area contributed by atoms with Gasteiger partial charge >= 0.3 is 0 Å². The molecule has 0 N–H and O–H groups in total. The molecule has 162 valence electrons. The van der Waals surface area contributed by atoms with Crippen LogP contribution in [0.2, 0.25) is 0 Å². The molecule has 0 aromatic heterocycles. The lowest BCUT2D eigenvalue weighted by atomic mass is 9.80. The molecule has 5 rings (SSSR count). The molecule has 0 spiro atoms. The molecule has 2 aromatic rings. The van der Waals surface area contributed by atoms with Gasteiger partial charge in [0.25, 0.3) is 0 Å². The molecule has 1 aliphatic carbocycles. The van der Waals surface area contributed by atoms with Crippen LogP contribution in [0.25, 0.3) is 0 Å². The molecule has 0 bridgehead atoms. The number of fused-ring (bicyclic) bond motifs is 1. The quantitative estimate of drug-likeness (QED) is 0.631. The molecule has 3 aliphatic rings. The Morgan fingerprint density at radius 2 is 1.73 bits per heavy atom. The van der Waals surface area contributed by atoms with Crippen molar-refractivity contribution in [3.63, 3.8) is 0 Å². The summed E-state index contributed by atoms with van der Waals surface area (Å²) in [5.41, 5.74) is 1.22. The van der Waals surface area contributed by atoms with E-state index in [1.165, 1.54) is 31.2 Å². The van der Waals surface area contributed by atoms with Crippen molar-refractivity contribution in [1.29, 1.82) is 0 Å². The third-order valence-electron chi connectivity index (χ3n) is 6.71. The van der Waals surface area contributed by atoms with Crippen molar-refractivity contribution in [2.24, 2.45) is 5.92 Å². The number of likely N-dealkylation sites (tertiary alicyclic amines) is 1. The SMILES string of the molecule is Cl.Fc1ccc([C@@H]2CCN(C3CCCC3)C[C@H]2COc2ccc3c(c2)OCO3)cc1. The Morgan fingerprint density at radius 3 is 2.53 bits per heavy atom. The van der Waals surface area contributed by atoms with E-state index in [1.54, 1.807) is 12.1 Å². The third-order valence-corrected chi connectivity index (χ3v) is 6.71. The molecular weight excluding hydrogens is 405 g/mol. The van der Waals surface area contributed by atoms with Crippen LogP contribution in [0.3, 0.4) is 0 Å². The molecule has 2 fully saturated rings. The first kappa shape index (κ1) is 21.3. The van der Waals surface area contributed by atoms with Gasteiger partial charge in [-0.1, -0.05) is 25.0 Å². The van der Waals surface area contributed by atoms with Crippen molar-refractivity contribution in [2.45, 2.75) is 44.1 Å². The van der Waals surface area contributed by atoms with Crippen molar-refractivity contribution in [2.75, 3.05) is 26.5 Å². The summed E-state index contributed by atoms with van der Waals surface area (Å²) in [5.74, 6) is 2.92. The van der Waals surface area contributed by atoms with E-state index in [2.05, 4.69) is 4.90 Å². The van der Waals surface area contributed by atoms with Crippen LogP contribution in [0.1, 0.15) is 43.6 Å². The highest BCUT2D eigenvalue weighted by atomic mass is 35.5. The Hall–Kier alpha value is -1.98. The fourth-order valence-corrected chi connectivity index (χ4v) is 5.15. The minimum Gasteiger partial charge on any atom is -0.493 e. The van der Waals surface area contributed by atoms with Crippen LogP contribution in [0.15, 0.2) is 42.5 Å². The van der Waals surface area contributed by atoms with Gasteiger partial charge in [-0.25, -0.2) is 4.39 Å². The molecule has 2 atom stereocenters. The highest BCUT2D eigenvalue weighted by Gasteiger charge is 2.34. The molecule has 1 saturated carbocycles. The van der Waals surface area contributed by atoms with E-state index < -0.39 is 0 Å². The average molecular weight is 434 g/mol. The lowest BCUT2D eigenvalue weighted by molar-refractivity contribution is 0.0804. The molecule has 1 saturated heterocycles. The largest absolute Gasteiger partial charge is 0.493 e. The summed E-state index contributed by atoms with van der Waals surface area (Å²) in [6.45, 7) is 3.07. The summed E-state index contributed by atoms with van der Waals surface area (Å²) in [6, 6.07) is 13.5. The first-order valence-corrected chi connectivity index (χ1v) is 10.8. The van der Waals surface area contributed by atoms with Gasteiger partial charge in [-0.05, 0) is 61.6 Å². The molecule has 4 nitrogen and oxygen atoms in total. The van der Waals surface area contributed by atoms with E-state index in [0.29, 0.717) is 18.4 Å². The fraction of sp³-hybridized carbons (Fsp3) is 0.500. The summed E-state index contributed by atoms with van der Waals surface area (Å²) in [4.78, 5) is 2.67. The second-order valence-electron chi connectivity index (χ2n) is 8.47. The third kappa shape index (κ3) is 4.52. The van der Waals surface area contributed by atoms with E-state index in [1.807, 2.05) is 30.3 Å². The predicted octanol–water partition coefficient (Wildman–Crippen LogP) is 5.40. The summed E-state index contributed by atoms with van der Waals surface area (Å²) in [7, 11) is 0.